The van der Waals surface area contributed by atoms with Gasteiger partial charge in [-0.25, -0.2) is 0 Å². The Bertz CT molecular complexity index is 659. The molecule has 0 unspecified atom stereocenters. The summed E-state index contributed by atoms with van der Waals surface area (Å²) in [5.74, 6) is 1.67. The normalized spacial score (nSPS) is 10.7. The molecule has 0 amide bonds. The third-order valence-corrected chi connectivity index (χ3v) is 3.61. The first kappa shape index (κ1) is 20.3. The van der Waals surface area contributed by atoms with Crippen LogP contribution in [0.1, 0.15) is 16.7 Å². The Morgan fingerprint density at radius 3 is 2.50 bits per heavy atom. The Labute approximate surface area is 161 Å². The Kier molecular flexibility index (Phi) is 9.22. The molecule has 0 bridgehead atoms. The maximum Gasteiger partial charge on any atom is 0.191 e. The van der Waals surface area contributed by atoms with Crippen LogP contribution >= 0.6 is 24.0 Å². The van der Waals surface area contributed by atoms with E-state index in [4.69, 9.17) is 4.74 Å². The summed E-state index contributed by atoms with van der Waals surface area (Å²) < 4.78 is 5.24. The van der Waals surface area contributed by atoms with Gasteiger partial charge < -0.3 is 15.4 Å². The molecule has 2 aromatic carbocycles. The van der Waals surface area contributed by atoms with E-state index >= 15 is 0 Å². The second-order valence-electron chi connectivity index (χ2n) is 5.44. The Morgan fingerprint density at radius 2 is 1.79 bits per heavy atom. The van der Waals surface area contributed by atoms with E-state index in [1.54, 1.807) is 14.2 Å². The summed E-state index contributed by atoms with van der Waals surface area (Å²) >= 11 is 0. The van der Waals surface area contributed by atoms with Crippen LogP contribution in [0.25, 0.3) is 0 Å². The highest BCUT2D eigenvalue weighted by Gasteiger charge is 2.00. The summed E-state index contributed by atoms with van der Waals surface area (Å²) in [6.07, 6.45) is 0.974. The summed E-state index contributed by atoms with van der Waals surface area (Å²) in [5.41, 5.74) is 3.79. The average molecular weight is 439 g/mol. The zero-order valence-electron chi connectivity index (χ0n) is 14.5. The molecule has 0 atom stereocenters. The number of aryl methyl sites for hydroxylation is 1. The van der Waals surface area contributed by atoms with Gasteiger partial charge in [-0.3, -0.25) is 4.99 Å². The van der Waals surface area contributed by atoms with Crippen LogP contribution in [-0.2, 0) is 13.0 Å². The predicted octanol–water partition coefficient (Wildman–Crippen LogP) is 3.53. The van der Waals surface area contributed by atoms with E-state index in [0.29, 0.717) is 6.54 Å². The minimum atomic E-state index is 0. The van der Waals surface area contributed by atoms with Crippen molar-refractivity contribution in [2.24, 2.45) is 4.99 Å². The Balaban J connectivity index is 0.00000288. The molecule has 2 N–H and O–H groups in total. The summed E-state index contributed by atoms with van der Waals surface area (Å²) in [5, 5.41) is 6.66. The first-order valence-electron chi connectivity index (χ1n) is 7.84. The third kappa shape index (κ3) is 6.78. The van der Waals surface area contributed by atoms with Crippen molar-refractivity contribution in [3.8, 4) is 5.75 Å². The van der Waals surface area contributed by atoms with Crippen LogP contribution in [0.15, 0.2) is 53.5 Å². The van der Waals surface area contributed by atoms with E-state index in [1.165, 1.54) is 11.1 Å². The molecule has 2 rings (SSSR count). The van der Waals surface area contributed by atoms with Gasteiger partial charge >= 0.3 is 0 Å². The van der Waals surface area contributed by atoms with Gasteiger partial charge in [0.25, 0.3) is 0 Å². The van der Waals surface area contributed by atoms with Crippen molar-refractivity contribution in [2.75, 3.05) is 20.7 Å². The van der Waals surface area contributed by atoms with E-state index < -0.39 is 0 Å². The minimum absolute atomic E-state index is 0. The van der Waals surface area contributed by atoms with Crippen LogP contribution in [0.3, 0.4) is 0 Å². The number of nitrogens with zero attached hydrogens (tertiary/aromatic N) is 1. The molecule has 0 aliphatic carbocycles. The van der Waals surface area contributed by atoms with Crippen molar-refractivity contribution < 1.29 is 4.74 Å². The number of aliphatic imine (C=N–C) groups is 1. The quantitative estimate of drug-likeness (QED) is 0.411. The largest absolute Gasteiger partial charge is 0.497 e. The average Bonchev–Trinajstić information content (AvgIpc) is 2.58. The van der Waals surface area contributed by atoms with Gasteiger partial charge in [-0.2, -0.15) is 0 Å². The number of hydrogen-bond acceptors (Lipinski definition) is 2. The van der Waals surface area contributed by atoms with Crippen LogP contribution in [0.2, 0.25) is 0 Å². The second-order valence-corrected chi connectivity index (χ2v) is 5.44. The SMILES string of the molecule is CN=C(NCCc1cccc(C)c1)NCc1cccc(OC)c1.I. The van der Waals surface area contributed by atoms with Gasteiger partial charge in [0.2, 0.25) is 0 Å². The molecule has 4 nitrogen and oxygen atoms in total. The standard InChI is InChI=1S/C19H25N3O.HI/c1-15-6-4-7-16(12-15)10-11-21-19(20-2)22-14-17-8-5-9-18(13-17)23-3;/h4-9,12-13H,10-11,14H2,1-3H3,(H2,20,21,22);1H. The highest BCUT2D eigenvalue weighted by Crippen LogP contribution is 2.12. The molecule has 0 saturated heterocycles. The van der Waals surface area contributed by atoms with Crippen molar-refractivity contribution in [3.05, 3.63) is 65.2 Å². The number of rotatable bonds is 6. The van der Waals surface area contributed by atoms with Crippen molar-refractivity contribution in [3.63, 3.8) is 0 Å². The number of halogens is 1. The van der Waals surface area contributed by atoms with Crippen LogP contribution < -0.4 is 15.4 Å². The van der Waals surface area contributed by atoms with Gasteiger partial charge in [-0.15, -0.1) is 24.0 Å². The Hall–Kier alpha value is -1.76. The lowest BCUT2D eigenvalue weighted by atomic mass is 10.1. The van der Waals surface area contributed by atoms with Crippen molar-refractivity contribution in [1.29, 1.82) is 0 Å². The van der Waals surface area contributed by atoms with E-state index in [9.17, 15) is 0 Å². The fourth-order valence-electron chi connectivity index (χ4n) is 2.38. The summed E-state index contributed by atoms with van der Waals surface area (Å²) in [7, 11) is 3.46. The van der Waals surface area contributed by atoms with Gasteiger partial charge in [-0.1, -0.05) is 42.0 Å². The Morgan fingerprint density at radius 1 is 1.04 bits per heavy atom. The molecule has 2 aromatic rings. The molecule has 0 heterocycles. The number of ether oxygens (including phenoxy) is 1. The fourth-order valence-corrected chi connectivity index (χ4v) is 2.38. The van der Waals surface area contributed by atoms with E-state index in [-0.39, 0.29) is 24.0 Å². The molecule has 0 spiro atoms. The van der Waals surface area contributed by atoms with Crippen LogP contribution in [0, 0.1) is 6.92 Å². The predicted molar refractivity (Wildman–Crippen MR) is 111 cm³/mol. The molecular formula is C19H26IN3O. The first-order chi connectivity index (χ1) is 11.2. The summed E-state index contributed by atoms with van der Waals surface area (Å²) in [6.45, 7) is 3.67. The lowest BCUT2D eigenvalue weighted by Gasteiger charge is -2.12. The monoisotopic (exact) mass is 439 g/mol. The number of hydrogen-bond donors (Lipinski definition) is 2. The molecule has 130 valence electrons. The zero-order valence-corrected chi connectivity index (χ0v) is 16.8. The number of benzene rings is 2. The molecule has 0 aliphatic heterocycles. The van der Waals surface area contributed by atoms with Crippen molar-refractivity contribution in [2.45, 2.75) is 19.9 Å². The smallest absolute Gasteiger partial charge is 0.191 e. The van der Waals surface area contributed by atoms with Gasteiger partial charge in [0.1, 0.15) is 5.75 Å². The van der Waals surface area contributed by atoms with E-state index in [0.717, 1.165) is 30.2 Å². The van der Waals surface area contributed by atoms with Crippen LogP contribution in [0.5, 0.6) is 5.75 Å². The molecule has 0 saturated carbocycles. The molecule has 0 aliphatic rings. The topological polar surface area (TPSA) is 45.7 Å². The number of methoxy groups -OCH3 is 1. The molecule has 0 aromatic heterocycles. The first-order valence-corrected chi connectivity index (χ1v) is 7.84. The fraction of sp³-hybridized carbons (Fsp3) is 0.316. The third-order valence-electron chi connectivity index (χ3n) is 3.61. The minimum Gasteiger partial charge on any atom is -0.497 e. The van der Waals surface area contributed by atoms with Gasteiger partial charge in [0, 0.05) is 20.1 Å². The second kappa shape index (κ2) is 10.9. The molecule has 0 radical (unpaired) electrons. The van der Waals surface area contributed by atoms with Crippen molar-refractivity contribution in [1.82, 2.24) is 10.6 Å². The highest BCUT2D eigenvalue weighted by molar-refractivity contribution is 14.0. The maximum absolute atomic E-state index is 5.24. The number of nitrogens with one attached hydrogen (secondary N) is 2. The molecule has 0 fully saturated rings. The lowest BCUT2D eigenvalue weighted by molar-refractivity contribution is 0.414. The highest BCUT2D eigenvalue weighted by atomic mass is 127. The molecule has 5 heteroatoms. The summed E-state index contributed by atoms with van der Waals surface area (Å²) in [4.78, 5) is 4.26. The molecular weight excluding hydrogens is 413 g/mol. The van der Waals surface area contributed by atoms with E-state index in [1.807, 2.05) is 18.2 Å². The summed E-state index contributed by atoms with van der Waals surface area (Å²) in [6, 6.07) is 16.6. The van der Waals surface area contributed by atoms with Gasteiger partial charge in [0.05, 0.1) is 7.11 Å². The van der Waals surface area contributed by atoms with Gasteiger partial charge in [-0.05, 0) is 36.6 Å². The van der Waals surface area contributed by atoms with Crippen LogP contribution in [-0.4, -0.2) is 26.7 Å². The van der Waals surface area contributed by atoms with Gasteiger partial charge in [0.15, 0.2) is 5.96 Å². The van der Waals surface area contributed by atoms with Crippen LogP contribution in [0.4, 0.5) is 0 Å². The number of guanidine groups is 1. The lowest BCUT2D eigenvalue weighted by Crippen LogP contribution is -2.37. The maximum atomic E-state index is 5.24. The zero-order chi connectivity index (χ0) is 16.5. The van der Waals surface area contributed by atoms with Crippen molar-refractivity contribution >= 4 is 29.9 Å². The molecule has 24 heavy (non-hydrogen) atoms. The van der Waals surface area contributed by atoms with E-state index in [2.05, 4.69) is 52.9 Å².